The predicted octanol–water partition coefficient (Wildman–Crippen LogP) is 3.28. The molecule has 2 rings (SSSR count). The molecule has 0 radical (unpaired) electrons. The van der Waals surface area contributed by atoms with Gasteiger partial charge in [-0.1, -0.05) is 0 Å². The maximum atomic E-state index is 5.28. The summed E-state index contributed by atoms with van der Waals surface area (Å²) in [5, 5.41) is 0. The maximum absolute atomic E-state index is 5.28. The second-order valence-electron chi connectivity index (χ2n) is 3.89. The molecule has 0 amide bonds. The van der Waals surface area contributed by atoms with Gasteiger partial charge in [0, 0.05) is 12.5 Å². The summed E-state index contributed by atoms with van der Waals surface area (Å²) < 4.78 is 10.5. The maximum Gasteiger partial charge on any atom is 0.191 e. The molecule has 0 atom stereocenters. The topological polar surface area (TPSA) is 35.3 Å². The number of methoxy groups -OCH3 is 1. The highest BCUT2D eigenvalue weighted by Gasteiger charge is 2.09. The van der Waals surface area contributed by atoms with Gasteiger partial charge in [-0.15, -0.1) is 0 Å². The van der Waals surface area contributed by atoms with Crippen LogP contribution in [0.25, 0.3) is 11.3 Å². The van der Waals surface area contributed by atoms with E-state index in [2.05, 4.69) is 11.1 Å². The van der Waals surface area contributed by atoms with Crippen molar-refractivity contribution in [1.29, 1.82) is 0 Å². The normalized spacial score (nSPS) is 10.5. The van der Waals surface area contributed by atoms with Gasteiger partial charge in [0.05, 0.1) is 7.11 Å². The van der Waals surface area contributed by atoms with Crippen LogP contribution in [-0.2, 0) is 0 Å². The first kappa shape index (κ1) is 10.7. The minimum Gasteiger partial charge on any atom is -0.496 e. The SMILES string of the molecule is COc1cc(C)c(-c2coc(C)n2)cc1C. The van der Waals surface area contributed by atoms with Gasteiger partial charge in [-0.25, -0.2) is 4.98 Å². The number of aromatic nitrogens is 1. The Morgan fingerprint density at radius 2 is 1.88 bits per heavy atom. The first-order valence-corrected chi connectivity index (χ1v) is 5.19. The number of aryl methyl sites for hydroxylation is 3. The molecule has 1 aromatic heterocycles. The summed E-state index contributed by atoms with van der Waals surface area (Å²) in [7, 11) is 1.68. The van der Waals surface area contributed by atoms with E-state index in [1.54, 1.807) is 13.4 Å². The molecule has 0 aliphatic heterocycles. The number of benzene rings is 1. The molecule has 0 saturated heterocycles. The summed E-state index contributed by atoms with van der Waals surface area (Å²) in [5.74, 6) is 1.59. The lowest BCUT2D eigenvalue weighted by molar-refractivity contribution is 0.411. The van der Waals surface area contributed by atoms with Gasteiger partial charge in [0.15, 0.2) is 5.89 Å². The number of nitrogens with zero attached hydrogens (tertiary/aromatic N) is 1. The van der Waals surface area contributed by atoms with E-state index >= 15 is 0 Å². The lowest BCUT2D eigenvalue weighted by atomic mass is 10.0. The molecule has 1 heterocycles. The van der Waals surface area contributed by atoms with Gasteiger partial charge in [0.25, 0.3) is 0 Å². The highest BCUT2D eigenvalue weighted by atomic mass is 16.5. The van der Waals surface area contributed by atoms with Crippen LogP contribution in [0.15, 0.2) is 22.8 Å². The molecule has 3 heteroatoms. The van der Waals surface area contributed by atoms with Gasteiger partial charge >= 0.3 is 0 Å². The molecule has 0 N–H and O–H groups in total. The molecule has 0 fully saturated rings. The van der Waals surface area contributed by atoms with Crippen molar-refractivity contribution in [1.82, 2.24) is 4.98 Å². The van der Waals surface area contributed by atoms with Gasteiger partial charge in [0.2, 0.25) is 0 Å². The fourth-order valence-corrected chi connectivity index (χ4v) is 1.77. The first-order valence-electron chi connectivity index (χ1n) is 5.19. The number of hydrogen-bond donors (Lipinski definition) is 0. The zero-order valence-corrected chi connectivity index (χ0v) is 10.00. The number of rotatable bonds is 2. The van der Waals surface area contributed by atoms with Crippen molar-refractivity contribution < 1.29 is 9.15 Å². The minimum atomic E-state index is 0.683. The number of hydrogen-bond acceptors (Lipinski definition) is 3. The van der Waals surface area contributed by atoms with Crippen molar-refractivity contribution in [2.24, 2.45) is 0 Å². The van der Waals surface area contributed by atoms with E-state index in [4.69, 9.17) is 9.15 Å². The molecule has 1 aromatic carbocycles. The number of oxazole rings is 1. The van der Waals surface area contributed by atoms with Crippen molar-refractivity contribution in [2.45, 2.75) is 20.8 Å². The molecule has 0 saturated carbocycles. The van der Waals surface area contributed by atoms with Crippen molar-refractivity contribution in [3.8, 4) is 17.0 Å². The summed E-state index contributed by atoms with van der Waals surface area (Å²) >= 11 is 0. The van der Waals surface area contributed by atoms with Crippen LogP contribution in [0.1, 0.15) is 17.0 Å². The third-order valence-electron chi connectivity index (χ3n) is 2.64. The summed E-state index contributed by atoms with van der Waals surface area (Å²) in [6, 6.07) is 4.10. The monoisotopic (exact) mass is 217 g/mol. The van der Waals surface area contributed by atoms with Crippen LogP contribution in [0.5, 0.6) is 5.75 Å². The summed E-state index contributed by atoms with van der Waals surface area (Å²) in [5.41, 5.74) is 4.20. The van der Waals surface area contributed by atoms with E-state index in [0.29, 0.717) is 5.89 Å². The average Bonchev–Trinajstić information content (AvgIpc) is 2.67. The fourth-order valence-electron chi connectivity index (χ4n) is 1.77. The van der Waals surface area contributed by atoms with Crippen LogP contribution in [0, 0.1) is 20.8 Å². The summed E-state index contributed by atoms with van der Waals surface area (Å²) in [4.78, 5) is 4.33. The Morgan fingerprint density at radius 1 is 1.12 bits per heavy atom. The Kier molecular flexibility index (Phi) is 2.69. The van der Waals surface area contributed by atoms with Gasteiger partial charge in [0.1, 0.15) is 17.7 Å². The smallest absolute Gasteiger partial charge is 0.191 e. The van der Waals surface area contributed by atoms with Gasteiger partial charge < -0.3 is 9.15 Å². The average molecular weight is 217 g/mol. The van der Waals surface area contributed by atoms with E-state index in [1.165, 1.54) is 0 Å². The van der Waals surface area contributed by atoms with Crippen molar-refractivity contribution in [3.05, 3.63) is 35.4 Å². The molecular weight excluding hydrogens is 202 g/mol. The quantitative estimate of drug-likeness (QED) is 0.774. The van der Waals surface area contributed by atoms with Crippen LogP contribution < -0.4 is 4.74 Å². The first-order chi connectivity index (χ1) is 7.61. The van der Waals surface area contributed by atoms with E-state index in [1.807, 2.05) is 26.8 Å². The zero-order chi connectivity index (χ0) is 11.7. The molecule has 16 heavy (non-hydrogen) atoms. The summed E-state index contributed by atoms with van der Waals surface area (Å²) in [6.45, 7) is 5.91. The van der Waals surface area contributed by atoms with E-state index in [-0.39, 0.29) is 0 Å². The van der Waals surface area contributed by atoms with Crippen LogP contribution >= 0.6 is 0 Å². The Hall–Kier alpha value is -1.77. The van der Waals surface area contributed by atoms with E-state index in [9.17, 15) is 0 Å². The second kappa shape index (κ2) is 4.00. The van der Waals surface area contributed by atoms with Gasteiger partial charge in [-0.2, -0.15) is 0 Å². The Morgan fingerprint density at radius 3 is 2.44 bits per heavy atom. The van der Waals surface area contributed by atoms with E-state index < -0.39 is 0 Å². The highest BCUT2D eigenvalue weighted by molar-refractivity contribution is 5.65. The molecule has 0 spiro atoms. The van der Waals surface area contributed by atoms with E-state index in [0.717, 1.165) is 28.1 Å². The van der Waals surface area contributed by atoms with Gasteiger partial charge in [-0.3, -0.25) is 0 Å². The van der Waals surface area contributed by atoms with Crippen LogP contribution in [-0.4, -0.2) is 12.1 Å². The third kappa shape index (κ3) is 1.81. The van der Waals surface area contributed by atoms with Crippen molar-refractivity contribution in [3.63, 3.8) is 0 Å². The van der Waals surface area contributed by atoms with Crippen molar-refractivity contribution in [2.75, 3.05) is 7.11 Å². The number of ether oxygens (including phenoxy) is 1. The molecular formula is C13H15NO2. The van der Waals surface area contributed by atoms with Crippen LogP contribution in [0.2, 0.25) is 0 Å². The van der Waals surface area contributed by atoms with Crippen molar-refractivity contribution >= 4 is 0 Å². The Bertz CT molecular complexity index is 515. The fraction of sp³-hybridized carbons (Fsp3) is 0.308. The minimum absolute atomic E-state index is 0.683. The van der Waals surface area contributed by atoms with Crippen LogP contribution in [0.4, 0.5) is 0 Å². The Labute approximate surface area is 95.1 Å². The molecule has 0 aliphatic rings. The Balaban J connectivity index is 2.54. The standard InChI is InChI=1S/C13H15NO2/c1-8-6-13(15-4)9(2)5-11(8)12-7-16-10(3)14-12/h5-7H,1-4H3. The zero-order valence-electron chi connectivity index (χ0n) is 10.00. The second-order valence-corrected chi connectivity index (χ2v) is 3.89. The molecule has 3 nitrogen and oxygen atoms in total. The molecule has 2 aromatic rings. The highest BCUT2D eigenvalue weighted by Crippen LogP contribution is 2.29. The summed E-state index contributed by atoms with van der Waals surface area (Å²) in [6.07, 6.45) is 1.68. The third-order valence-corrected chi connectivity index (χ3v) is 2.64. The predicted molar refractivity (Wildman–Crippen MR) is 62.7 cm³/mol. The van der Waals surface area contributed by atoms with Gasteiger partial charge in [-0.05, 0) is 37.1 Å². The molecule has 0 unspecified atom stereocenters. The van der Waals surface area contributed by atoms with Crippen LogP contribution in [0.3, 0.4) is 0 Å². The lowest BCUT2D eigenvalue weighted by Gasteiger charge is -2.09. The largest absolute Gasteiger partial charge is 0.496 e. The molecule has 0 aliphatic carbocycles. The lowest BCUT2D eigenvalue weighted by Crippen LogP contribution is -1.91. The molecule has 84 valence electrons. The molecule has 0 bridgehead atoms.